The van der Waals surface area contributed by atoms with Gasteiger partial charge >= 0.3 is 5.97 Å². The normalized spacial score (nSPS) is 9.77. The van der Waals surface area contributed by atoms with E-state index in [9.17, 15) is 4.79 Å². The van der Waals surface area contributed by atoms with Crippen molar-refractivity contribution in [3.05, 3.63) is 27.7 Å². The molecule has 2 N–H and O–H groups in total. The van der Waals surface area contributed by atoms with Gasteiger partial charge in [-0.3, -0.25) is 0 Å². The third-order valence-electron chi connectivity index (χ3n) is 1.81. The average Bonchev–Trinajstić information content (AvgIpc) is 2.12. The molecule has 0 aromatic heterocycles. The maximum Gasteiger partial charge on any atom is 0.337 e. The maximum absolute atomic E-state index is 11.1. The van der Waals surface area contributed by atoms with Gasteiger partial charge < -0.3 is 10.5 Å². The molecular weight excluding hydrogens is 234 g/mol. The molecule has 13 heavy (non-hydrogen) atoms. The molecule has 0 aliphatic heterocycles. The van der Waals surface area contributed by atoms with Gasteiger partial charge in [-0.2, -0.15) is 0 Å². The summed E-state index contributed by atoms with van der Waals surface area (Å²) in [5.41, 5.74) is 7.63. The number of esters is 1. The van der Waals surface area contributed by atoms with Gasteiger partial charge in [0.25, 0.3) is 0 Å². The van der Waals surface area contributed by atoms with Crippen LogP contribution in [0.4, 0.5) is 5.69 Å². The van der Waals surface area contributed by atoms with Crippen LogP contribution in [0.1, 0.15) is 15.9 Å². The number of hydrogen-bond donors (Lipinski definition) is 1. The molecule has 1 rings (SSSR count). The average molecular weight is 244 g/mol. The summed E-state index contributed by atoms with van der Waals surface area (Å²) < 4.78 is 5.38. The second kappa shape index (κ2) is 3.79. The van der Waals surface area contributed by atoms with E-state index in [-0.39, 0.29) is 5.97 Å². The van der Waals surface area contributed by atoms with Crippen molar-refractivity contribution in [2.24, 2.45) is 0 Å². The van der Waals surface area contributed by atoms with Crippen LogP contribution >= 0.6 is 15.9 Å². The number of methoxy groups -OCH3 is 1. The van der Waals surface area contributed by atoms with Crippen LogP contribution in [0, 0.1) is 6.92 Å². The van der Waals surface area contributed by atoms with Crippen LogP contribution in [-0.2, 0) is 4.74 Å². The standard InChI is InChI=1S/C9H10BrNO2/c1-5-7(10)3-6(4-8(5)11)9(12)13-2/h3-4H,11H2,1-2H3. The number of nitrogens with two attached hydrogens (primary N) is 1. The summed E-state index contributed by atoms with van der Waals surface area (Å²) in [4.78, 5) is 11.1. The zero-order valence-corrected chi connectivity index (χ0v) is 9.01. The third-order valence-corrected chi connectivity index (χ3v) is 2.63. The second-order valence-electron chi connectivity index (χ2n) is 2.66. The van der Waals surface area contributed by atoms with Gasteiger partial charge in [-0.25, -0.2) is 4.79 Å². The number of carbonyl (C=O) groups is 1. The summed E-state index contributed by atoms with van der Waals surface area (Å²) in [7, 11) is 1.34. The maximum atomic E-state index is 11.1. The lowest BCUT2D eigenvalue weighted by atomic mass is 10.1. The van der Waals surface area contributed by atoms with Crippen LogP contribution in [0.3, 0.4) is 0 Å². The van der Waals surface area contributed by atoms with Crippen LogP contribution in [0.15, 0.2) is 16.6 Å². The summed E-state index contributed by atoms with van der Waals surface area (Å²) in [6, 6.07) is 3.30. The first-order valence-corrected chi connectivity index (χ1v) is 4.49. The molecule has 0 aliphatic carbocycles. The van der Waals surface area contributed by atoms with Crippen LogP contribution in [0.2, 0.25) is 0 Å². The number of hydrogen-bond acceptors (Lipinski definition) is 3. The topological polar surface area (TPSA) is 52.3 Å². The highest BCUT2D eigenvalue weighted by Crippen LogP contribution is 2.24. The van der Waals surface area contributed by atoms with Crippen molar-refractivity contribution in [2.45, 2.75) is 6.92 Å². The van der Waals surface area contributed by atoms with E-state index in [4.69, 9.17) is 5.73 Å². The summed E-state index contributed by atoms with van der Waals surface area (Å²) in [5.74, 6) is -0.382. The number of ether oxygens (including phenoxy) is 1. The van der Waals surface area contributed by atoms with Gasteiger partial charge in [0.15, 0.2) is 0 Å². The van der Waals surface area contributed by atoms with E-state index in [2.05, 4.69) is 20.7 Å². The zero-order valence-electron chi connectivity index (χ0n) is 7.43. The molecule has 0 aliphatic rings. The van der Waals surface area contributed by atoms with Crippen molar-refractivity contribution in [1.82, 2.24) is 0 Å². The van der Waals surface area contributed by atoms with Crippen LogP contribution in [-0.4, -0.2) is 13.1 Å². The fourth-order valence-electron chi connectivity index (χ4n) is 0.936. The molecule has 1 aromatic carbocycles. The number of carbonyl (C=O) groups excluding carboxylic acids is 1. The monoisotopic (exact) mass is 243 g/mol. The lowest BCUT2D eigenvalue weighted by molar-refractivity contribution is 0.0600. The van der Waals surface area contributed by atoms with Crippen molar-refractivity contribution in [3.63, 3.8) is 0 Å². The molecular formula is C9H10BrNO2. The summed E-state index contributed by atoms with van der Waals surface area (Å²) in [5, 5.41) is 0. The van der Waals surface area contributed by atoms with Crippen LogP contribution < -0.4 is 5.73 Å². The second-order valence-corrected chi connectivity index (χ2v) is 3.52. The Bertz CT molecular complexity index is 326. The Morgan fingerprint density at radius 1 is 1.54 bits per heavy atom. The highest BCUT2D eigenvalue weighted by molar-refractivity contribution is 9.10. The minimum Gasteiger partial charge on any atom is -0.465 e. The van der Waals surface area contributed by atoms with Gasteiger partial charge in [-0.1, -0.05) is 15.9 Å². The molecule has 0 heterocycles. The Balaban J connectivity index is 3.20. The van der Waals surface area contributed by atoms with Gasteiger partial charge in [0.1, 0.15) is 0 Å². The van der Waals surface area contributed by atoms with Crippen molar-refractivity contribution >= 4 is 27.6 Å². The quantitative estimate of drug-likeness (QED) is 0.608. The first-order chi connectivity index (χ1) is 6.06. The van der Waals surface area contributed by atoms with Crippen molar-refractivity contribution in [2.75, 3.05) is 12.8 Å². The molecule has 0 spiro atoms. The van der Waals surface area contributed by atoms with Crippen LogP contribution in [0.25, 0.3) is 0 Å². The lowest BCUT2D eigenvalue weighted by Gasteiger charge is -2.05. The fraction of sp³-hybridized carbons (Fsp3) is 0.222. The Kier molecular flexibility index (Phi) is 2.93. The highest BCUT2D eigenvalue weighted by atomic mass is 79.9. The van der Waals surface area contributed by atoms with Gasteiger partial charge in [0.2, 0.25) is 0 Å². The Labute approximate surface area is 85.0 Å². The summed E-state index contributed by atoms with van der Waals surface area (Å²) >= 11 is 3.31. The van der Waals surface area contributed by atoms with E-state index in [1.54, 1.807) is 12.1 Å². The van der Waals surface area contributed by atoms with Crippen molar-refractivity contribution in [3.8, 4) is 0 Å². The highest BCUT2D eigenvalue weighted by Gasteiger charge is 2.09. The Morgan fingerprint density at radius 2 is 2.15 bits per heavy atom. The van der Waals surface area contributed by atoms with E-state index in [1.807, 2.05) is 6.92 Å². The van der Waals surface area contributed by atoms with E-state index < -0.39 is 0 Å². The first kappa shape index (κ1) is 10.1. The molecule has 0 atom stereocenters. The molecule has 1 aromatic rings. The van der Waals surface area contributed by atoms with Crippen molar-refractivity contribution in [1.29, 1.82) is 0 Å². The van der Waals surface area contributed by atoms with Gasteiger partial charge in [0, 0.05) is 10.2 Å². The van der Waals surface area contributed by atoms with E-state index >= 15 is 0 Å². The molecule has 70 valence electrons. The predicted molar refractivity (Wildman–Crippen MR) is 54.6 cm³/mol. The number of nitrogen functional groups attached to an aromatic ring is 1. The smallest absolute Gasteiger partial charge is 0.337 e. The van der Waals surface area contributed by atoms with Gasteiger partial charge in [0.05, 0.1) is 12.7 Å². The number of anilines is 1. The number of benzene rings is 1. The molecule has 0 radical (unpaired) electrons. The third kappa shape index (κ3) is 2.01. The molecule has 0 unspecified atom stereocenters. The zero-order chi connectivity index (χ0) is 10.0. The summed E-state index contributed by atoms with van der Waals surface area (Å²) in [6.07, 6.45) is 0. The van der Waals surface area contributed by atoms with E-state index in [0.717, 1.165) is 10.0 Å². The molecule has 4 heteroatoms. The molecule has 0 bridgehead atoms. The summed E-state index contributed by atoms with van der Waals surface area (Å²) in [6.45, 7) is 1.88. The molecule has 0 saturated carbocycles. The molecule has 3 nitrogen and oxygen atoms in total. The molecule has 0 fully saturated rings. The largest absolute Gasteiger partial charge is 0.465 e. The first-order valence-electron chi connectivity index (χ1n) is 3.70. The minimum absolute atomic E-state index is 0.382. The number of halogens is 1. The van der Waals surface area contributed by atoms with E-state index in [0.29, 0.717) is 11.3 Å². The molecule has 0 saturated heterocycles. The lowest BCUT2D eigenvalue weighted by Crippen LogP contribution is -2.03. The fourth-order valence-corrected chi connectivity index (χ4v) is 1.41. The minimum atomic E-state index is -0.382. The Hall–Kier alpha value is -1.03. The van der Waals surface area contributed by atoms with Gasteiger partial charge in [-0.05, 0) is 24.6 Å². The molecule has 0 amide bonds. The van der Waals surface area contributed by atoms with E-state index in [1.165, 1.54) is 7.11 Å². The van der Waals surface area contributed by atoms with Gasteiger partial charge in [-0.15, -0.1) is 0 Å². The SMILES string of the molecule is COC(=O)c1cc(N)c(C)c(Br)c1. The Morgan fingerprint density at radius 3 is 2.62 bits per heavy atom. The predicted octanol–water partition coefficient (Wildman–Crippen LogP) is 2.13. The van der Waals surface area contributed by atoms with Crippen LogP contribution in [0.5, 0.6) is 0 Å². The number of rotatable bonds is 1. The van der Waals surface area contributed by atoms with Crippen molar-refractivity contribution < 1.29 is 9.53 Å².